The van der Waals surface area contributed by atoms with Crippen molar-refractivity contribution in [1.82, 2.24) is 0 Å². The highest BCUT2D eigenvalue weighted by Gasteiger charge is 2.40. The Labute approximate surface area is 243 Å². The molecule has 7 heteroatoms. The number of ether oxygens (including phenoxy) is 3. The van der Waals surface area contributed by atoms with E-state index in [1.54, 1.807) is 12.1 Å². The number of carbonyl (C=O) groups is 1. The Bertz CT molecular complexity index is 963. The van der Waals surface area contributed by atoms with E-state index < -0.39 is 14.4 Å². The number of carbonyl (C=O) groups excluding carboxylic acids is 1. The average Bonchev–Trinajstić information content (AvgIpc) is 3.60. The van der Waals surface area contributed by atoms with Gasteiger partial charge in [0.1, 0.15) is 18.8 Å². The lowest BCUT2D eigenvalue weighted by molar-refractivity contribution is -0.0902. The van der Waals surface area contributed by atoms with Crippen LogP contribution in [-0.4, -0.2) is 62.6 Å². The molecule has 0 saturated carbocycles. The fraction of sp³-hybridized carbons (Fsp3) is 0.727. The third kappa shape index (κ3) is 9.99. The lowest BCUT2D eigenvalue weighted by Gasteiger charge is -2.38. The van der Waals surface area contributed by atoms with Crippen LogP contribution >= 0.6 is 0 Å². The molecule has 3 rings (SSSR count). The summed E-state index contributed by atoms with van der Waals surface area (Å²) in [6.07, 6.45) is 8.58. The van der Waals surface area contributed by atoms with E-state index in [-0.39, 0.29) is 48.1 Å². The van der Waals surface area contributed by atoms with Gasteiger partial charge in [-0.25, -0.2) is 4.79 Å². The van der Waals surface area contributed by atoms with Gasteiger partial charge in [-0.1, -0.05) is 83.4 Å². The van der Waals surface area contributed by atoms with Gasteiger partial charge in [0, 0.05) is 0 Å². The minimum absolute atomic E-state index is 0.0524. The Morgan fingerprint density at radius 1 is 1.00 bits per heavy atom. The number of unbranched alkanes of at least 4 members (excludes halogenated alkanes) is 4. The molecule has 2 aliphatic heterocycles. The monoisotopic (exact) mass is 572 g/mol. The Morgan fingerprint density at radius 2 is 1.68 bits per heavy atom. The van der Waals surface area contributed by atoms with Crippen LogP contribution in [0.4, 0.5) is 0 Å². The highest BCUT2D eigenvalue weighted by atomic mass is 28.4. The molecule has 2 aliphatic rings. The molecule has 0 radical (unpaired) electrons. The topological polar surface area (TPSA) is 74.2 Å². The zero-order valence-electron chi connectivity index (χ0n) is 25.6. The van der Waals surface area contributed by atoms with Crippen LogP contribution in [0.3, 0.4) is 0 Å². The molecule has 0 unspecified atom stereocenters. The lowest BCUT2D eigenvalue weighted by Crippen LogP contribution is -2.43. The first-order chi connectivity index (χ1) is 19.0. The molecular formula is C33H52O6Si. The molecule has 40 heavy (non-hydrogen) atoms. The summed E-state index contributed by atoms with van der Waals surface area (Å²) in [5.41, 5.74) is 0.544. The predicted octanol–water partition coefficient (Wildman–Crippen LogP) is 7.05. The molecule has 0 amide bonds. The summed E-state index contributed by atoms with van der Waals surface area (Å²) in [6, 6.07) is 9.01. The Morgan fingerprint density at radius 3 is 2.38 bits per heavy atom. The maximum atomic E-state index is 12.2. The van der Waals surface area contributed by atoms with Gasteiger partial charge in [0.25, 0.3) is 0 Å². The molecule has 0 aliphatic carbocycles. The van der Waals surface area contributed by atoms with E-state index in [1.807, 2.05) is 18.2 Å². The maximum absolute atomic E-state index is 12.2. The second kappa shape index (κ2) is 15.5. The van der Waals surface area contributed by atoms with Crippen molar-refractivity contribution in [1.29, 1.82) is 0 Å². The largest absolute Gasteiger partial charge is 0.459 e. The average molecular weight is 573 g/mol. The number of aliphatic hydroxyl groups is 1. The van der Waals surface area contributed by atoms with E-state index in [0.717, 1.165) is 38.5 Å². The Balaban J connectivity index is 1.48. The van der Waals surface area contributed by atoms with Gasteiger partial charge in [0.05, 0.1) is 30.0 Å². The molecule has 0 spiro atoms. The highest BCUT2D eigenvalue weighted by Crippen LogP contribution is 2.38. The van der Waals surface area contributed by atoms with Crippen molar-refractivity contribution in [3.8, 4) is 11.8 Å². The maximum Gasteiger partial charge on any atom is 0.338 e. The van der Waals surface area contributed by atoms with Crippen LogP contribution in [0.5, 0.6) is 0 Å². The summed E-state index contributed by atoms with van der Waals surface area (Å²) in [7, 11) is -1.98. The minimum atomic E-state index is -1.98. The normalized spacial score (nSPS) is 24.8. The van der Waals surface area contributed by atoms with Crippen molar-refractivity contribution < 1.29 is 28.5 Å². The van der Waals surface area contributed by atoms with Crippen molar-refractivity contribution in [3.63, 3.8) is 0 Å². The molecule has 0 bridgehead atoms. The molecule has 2 fully saturated rings. The van der Waals surface area contributed by atoms with Crippen LogP contribution in [0.15, 0.2) is 30.3 Å². The second-order valence-corrected chi connectivity index (χ2v) is 17.7. The highest BCUT2D eigenvalue weighted by molar-refractivity contribution is 6.74. The van der Waals surface area contributed by atoms with Crippen molar-refractivity contribution >= 4 is 14.3 Å². The number of hydrogen-bond acceptors (Lipinski definition) is 6. The molecule has 2 heterocycles. The number of hydrogen-bond donors (Lipinski definition) is 1. The van der Waals surface area contributed by atoms with Gasteiger partial charge in [0.15, 0.2) is 8.32 Å². The first-order valence-corrected chi connectivity index (χ1v) is 18.3. The van der Waals surface area contributed by atoms with Crippen molar-refractivity contribution in [3.05, 3.63) is 35.9 Å². The Hall–Kier alpha value is -1.69. The van der Waals surface area contributed by atoms with Crippen LogP contribution in [-0.2, 0) is 18.6 Å². The molecule has 224 valence electrons. The van der Waals surface area contributed by atoms with Gasteiger partial charge < -0.3 is 23.7 Å². The van der Waals surface area contributed by atoms with Crippen LogP contribution in [0, 0.1) is 11.8 Å². The van der Waals surface area contributed by atoms with Crippen molar-refractivity contribution in [2.75, 3.05) is 6.61 Å². The second-order valence-electron chi connectivity index (χ2n) is 12.9. The van der Waals surface area contributed by atoms with E-state index in [4.69, 9.17) is 18.6 Å². The molecule has 0 aromatic heterocycles. The SMILES string of the molecule is CCCCCCC[C@@H](C#C[C@H](O)[C@H]1CC[C@H]([C@H]2CC[C@H](COC(=O)c3ccccc3)O2)O1)O[Si](C)(C)C(C)(C)C. The van der Waals surface area contributed by atoms with Gasteiger partial charge in [-0.3, -0.25) is 0 Å². The minimum Gasteiger partial charge on any atom is -0.459 e. The third-order valence-corrected chi connectivity index (χ3v) is 13.1. The van der Waals surface area contributed by atoms with Gasteiger partial charge in [-0.15, -0.1) is 0 Å². The van der Waals surface area contributed by atoms with Crippen LogP contribution in [0.25, 0.3) is 0 Å². The van der Waals surface area contributed by atoms with Crippen LogP contribution in [0.1, 0.15) is 102 Å². The number of benzene rings is 1. The number of aliphatic hydroxyl groups excluding tert-OH is 1. The van der Waals surface area contributed by atoms with Crippen molar-refractivity contribution in [2.24, 2.45) is 0 Å². The quantitative estimate of drug-likeness (QED) is 0.118. The van der Waals surface area contributed by atoms with Gasteiger partial charge >= 0.3 is 5.97 Å². The van der Waals surface area contributed by atoms with Gasteiger partial charge in [-0.2, -0.15) is 0 Å². The van der Waals surface area contributed by atoms with E-state index in [1.165, 1.54) is 25.7 Å². The zero-order valence-corrected chi connectivity index (χ0v) is 26.6. The fourth-order valence-electron chi connectivity index (χ4n) is 5.05. The molecule has 1 aromatic carbocycles. The van der Waals surface area contributed by atoms with Gasteiger partial charge in [0.2, 0.25) is 0 Å². The number of esters is 1. The third-order valence-electron chi connectivity index (χ3n) is 8.61. The van der Waals surface area contributed by atoms with Crippen LogP contribution in [0.2, 0.25) is 18.1 Å². The lowest BCUT2D eigenvalue weighted by atomic mass is 10.0. The fourth-order valence-corrected chi connectivity index (χ4v) is 6.29. The Kier molecular flexibility index (Phi) is 12.7. The van der Waals surface area contributed by atoms with E-state index in [2.05, 4.69) is 52.6 Å². The first kappa shape index (κ1) is 32.8. The molecule has 1 N–H and O–H groups in total. The van der Waals surface area contributed by atoms with E-state index >= 15 is 0 Å². The first-order valence-electron chi connectivity index (χ1n) is 15.4. The zero-order chi connectivity index (χ0) is 29.2. The molecular weight excluding hydrogens is 520 g/mol. The molecule has 1 aromatic rings. The molecule has 6 atom stereocenters. The van der Waals surface area contributed by atoms with E-state index in [0.29, 0.717) is 5.56 Å². The summed E-state index contributed by atoms with van der Waals surface area (Å²) in [5, 5.41) is 11.0. The van der Waals surface area contributed by atoms with Crippen LogP contribution < -0.4 is 0 Å². The molecule has 6 nitrogen and oxygen atoms in total. The summed E-state index contributed by atoms with van der Waals surface area (Å²) in [6.45, 7) is 13.7. The summed E-state index contributed by atoms with van der Waals surface area (Å²) >= 11 is 0. The molecule has 2 saturated heterocycles. The number of rotatable bonds is 13. The summed E-state index contributed by atoms with van der Waals surface area (Å²) in [4.78, 5) is 12.2. The smallest absolute Gasteiger partial charge is 0.338 e. The standard InChI is InChI=1S/C33H52O6Si/c1-7-8-9-10-14-17-26(39-40(5,6)33(2,3)4)18-20-28(34)29-22-23-31(38-29)30-21-19-27(37-30)24-36-32(35)25-15-12-11-13-16-25/h11-13,15-16,26-31,34H,7-10,14,17,19,21-24H2,1-6H3/t26-,27+,28-,29+,30+,31+/m0/s1. The van der Waals surface area contributed by atoms with Crippen molar-refractivity contribution in [2.45, 2.75) is 147 Å². The summed E-state index contributed by atoms with van der Waals surface area (Å²) in [5.74, 6) is 6.07. The van der Waals surface area contributed by atoms with E-state index in [9.17, 15) is 9.90 Å². The summed E-state index contributed by atoms with van der Waals surface area (Å²) < 4.78 is 24.6. The van der Waals surface area contributed by atoms with Gasteiger partial charge in [-0.05, 0) is 68.8 Å². The predicted molar refractivity (Wildman–Crippen MR) is 162 cm³/mol.